The van der Waals surface area contributed by atoms with E-state index in [1.807, 2.05) is 24.3 Å². The number of carboxylic acid groups (broad SMARTS) is 1. The zero-order valence-electron chi connectivity index (χ0n) is 14.3. The van der Waals surface area contributed by atoms with Gasteiger partial charge in [0.25, 0.3) is 0 Å². The minimum absolute atomic E-state index is 0.153. The first-order valence-corrected chi connectivity index (χ1v) is 8.46. The number of amides is 2. The van der Waals surface area contributed by atoms with Gasteiger partial charge in [0, 0.05) is 13.1 Å². The molecule has 0 spiro atoms. The number of nitrogens with zero attached hydrogens (tertiary/aromatic N) is 1. The van der Waals surface area contributed by atoms with Crippen LogP contribution in [-0.2, 0) is 4.79 Å². The number of benzene rings is 1. The van der Waals surface area contributed by atoms with Gasteiger partial charge in [-0.3, -0.25) is 4.79 Å². The molecule has 0 bridgehead atoms. The second-order valence-corrected chi connectivity index (χ2v) is 6.37. The number of ether oxygens (including phenoxy) is 1. The third-order valence-corrected chi connectivity index (χ3v) is 4.31. The van der Waals surface area contributed by atoms with Gasteiger partial charge >= 0.3 is 12.0 Å². The Kier molecular flexibility index (Phi) is 6.46. The van der Waals surface area contributed by atoms with Gasteiger partial charge in [0.05, 0.1) is 12.5 Å². The second kappa shape index (κ2) is 8.57. The first-order valence-electron chi connectivity index (χ1n) is 8.46. The lowest BCUT2D eigenvalue weighted by Gasteiger charge is -2.30. The van der Waals surface area contributed by atoms with Crippen LogP contribution in [0, 0.1) is 5.92 Å². The zero-order chi connectivity index (χ0) is 17.5. The molecular formula is C18H26N2O4. The van der Waals surface area contributed by atoms with Gasteiger partial charge in [0.2, 0.25) is 0 Å². The molecular weight excluding hydrogens is 308 g/mol. The van der Waals surface area contributed by atoms with Crippen molar-refractivity contribution >= 4 is 12.0 Å². The number of carbonyl (C=O) groups is 2. The van der Waals surface area contributed by atoms with E-state index in [1.54, 1.807) is 4.90 Å². The third-order valence-electron chi connectivity index (χ3n) is 4.31. The fraction of sp³-hybridized carbons (Fsp3) is 0.556. The predicted molar refractivity (Wildman–Crippen MR) is 91.4 cm³/mol. The third kappa shape index (κ3) is 4.88. The average Bonchev–Trinajstić information content (AvgIpc) is 2.58. The molecule has 1 aliphatic heterocycles. The van der Waals surface area contributed by atoms with Crippen LogP contribution in [0.5, 0.6) is 5.75 Å². The number of rotatable bonds is 6. The van der Waals surface area contributed by atoms with Crippen LogP contribution in [0.15, 0.2) is 24.3 Å². The van der Waals surface area contributed by atoms with E-state index in [0.29, 0.717) is 45.0 Å². The van der Waals surface area contributed by atoms with Gasteiger partial charge in [0.1, 0.15) is 12.4 Å². The Labute approximate surface area is 142 Å². The van der Waals surface area contributed by atoms with Gasteiger partial charge < -0.3 is 20.1 Å². The molecule has 24 heavy (non-hydrogen) atoms. The normalized spacial score (nSPS) is 15.4. The summed E-state index contributed by atoms with van der Waals surface area (Å²) in [5.74, 6) is 0.132. The van der Waals surface area contributed by atoms with Crippen molar-refractivity contribution in [1.82, 2.24) is 10.2 Å². The highest BCUT2D eigenvalue weighted by Crippen LogP contribution is 2.25. The maximum absolute atomic E-state index is 12.1. The van der Waals surface area contributed by atoms with E-state index < -0.39 is 5.97 Å². The number of likely N-dealkylation sites (tertiary alicyclic amines) is 1. The number of para-hydroxylation sites is 1. The highest BCUT2D eigenvalue weighted by molar-refractivity contribution is 5.75. The largest absolute Gasteiger partial charge is 0.491 e. The number of aliphatic carboxylic acids is 1. The molecule has 2 amide bonds. The molecule has 1 aromatic rings. The number of urea groups is 1. The molecule has 6 nitrogen and oxygen atoms in total. The zero-order valence-corrected chi connectivity index (χ0v) is 14.3. The minimum Gasteiger partial charge on any atom is -0.491 e. The lowest BCUT2D eigenvalue weighted by molar-refractivity contribution is -0.143. The molecule has 1 fully saturated rings. The summed E-state index contributed by atoms with van der Waals surface area (Å²) in [5, 5.41) is 11.8. The van der Waals surface area contributed by atoms with Crippen molar-refractivity contribution in [3.8, 4) is 5.75 Å². The van der Waals surface area contributed by atoms with Crippen molar-refractivity contribution in [3.05, 3.63) is 29.8 Å². The Morgan fingerprint density at radius 3 is 2.58 bits per heavy atom. The van der Waals surface area contributed by atoms with Gasteiger partial charge in [-0.1, -0.05) is 32.0 Å². The number of hydrogen-bond acceptors (Lipinski definition) is 3. The summed E-state index contributed by atoms with van der Waals surface area (Å²) in [5.41, 5.74) is 1.15. The molecule has 0 saturated carbocycles. The van der Waals surface area contributed by atoms with Crippen molar-refractivity contribution in [2.45, 2.75) is 32.6 Å². The van der Waals surface area contributed by atoms with E-state index in [-0.39, 0.29) is 11.9 Å². The van der Waals surface area contributed by atoms with Crippen molar-refractivity contribution in [3.63, 3.8) is 0 Å². The number of piperidine rings is 1. The van der Waals surface area contributed by atoms with Crippen LogP contribution in [0.4, 0.5) is 4.79 Å². The molecule has 0 aromatic heterocycles. The van der Waals surface area contributed by atoms with E-state index in [4.69, 9.17) is 9.84 Å². The quantitative estimate of drug-likeness (QED) is 0.784. The van der Waals surface area contributed by atoms with Crippen molar-refractivity contribution in [2.24, 2.45) is 5.92 Å². The van der Waals surface area contributed by atoms with Gasteiger partial charge in [-0.2, -0.15) is 0 Å². The highest BCUT2D eigenvalue weighted by Gasteiger charge is 2.26. The van der Waals surface area contributed by atoms with Crippen molar-refractivity contribution in [1.29, 1.82) is 0 Å². The topological polar surface area (TPSA) is 78.9 Å². The summed E-state index contributed by atoms with van der Waals surface area (Å²) in [6.45, 7) is 6.03. The maximum atomic E-state index is 12.1. The van der Waals surface area contributed by atoms with Crippen LogP contribution in [0.3, 0.4) is 0 Å². The van der Waals surface area contributed by atoms with Crippen LogP contribution in [-0.4, -0.2) is 48.2 Å². The Bertz CT molecular complexity index is 566. The monoisotopic (exact) mass is 334 g/mol. The van der Waals surface area contributed by atoms with Crippen LogP contribution in [0.25, 0.3) is 0 Å². The first-order chi connectivity index (χ1) is 11.5. The molecule has 1 heterocycles. The van der Waals surface area contributed by atoms with Gasteiger partial charge in [-0.25, -0.2) is 4.79 Å². The molecule has 1 aliphatic rings. The van der Waals surface area contributed by atoms with Crippen LogP contribution < -0.4 is 10.1 Å². The molecule has 2 rings (SSSR count). The first kappa shape index (κ1) is 18.1. The summed E-state index contributed by atoms with van der Waals surface area (Å²) in [7, 11) is 0. The highest BCUT2D eigenvalue weighted by atomic mass is 16.5. The molecule has 1 saturated heterocycles. The van der Waals surface area contributed by atoms with Crippen molar-refractivity contribution in [2.75, 3.05) is 26.2 Å². The molecule has 2 N–H and O–H groups in total. The fourth-order valence-electron chi connectivity index (χ4n) is 2.85. The standard InChI is InChI=1S/C18H26N2O4/c1-13(2)15-5-3-4-6-16(15)24-12-9-19-18(23)20-10-7-14(8-11-20)17(21)22/h3-6,13-14H,7-12H2,1-2H3,(H,19,23)(H,21,22). The number of hydrogen-bond donors (Lipinski definition) is 2. The van der Waals surface area contributed by atoms with E-state index in [9.17, 15) is 9.59 Å². The molecule has 132 valence electrons. The van der Waals surface area contributed by atoms with Gasteiger partial charge in [-0.05, 0) is 30.4 Å². The average molecular weight is 334 g/mol. The Hall–Kier alpha value is -2.24. The van der Waals surface area contributed by atoms with Gasteiger partial charge in [-0.15, -0.1) is 0 Å². The SMILES string of the molecule is CC(C)c1ccccc1OCCNC(=O)N1CCC(C(=O)O)CC1. The lowest BCUT2D eigenvalue weighted by atomic mass is 9.97. The molecule has 0 radical (unpaired) electrons. The second-order valence-electron chi connectivity index (χ2n) is 6.37. The maximum Gasteiger partial charge on any atom is 0.317 e. The van der Waals surface area contributed by atoms with Crippen molar-refractivity contribution < 1.29 is 19.4 Å². The summed E-state index contributed by atoms with van der Waals surface area (Å²) in [6.07, 6.45) is 1.03. The lowest BCUT2D eigenvalue weighted by Crippen LogP contribution is -2.46. The fourth-order valence-corrected chi connectivity index (χ4v) is 2.85. The van der Waals surface area contributed by atoms with E-state index in [2.05, 4.69) is 19.2 Å². The summed E-state index contributed by atoms with van der Waals surface area (Å²) in [4.78, 5) is 24.7. The summed E-state index contributed by atoms with van der Waals surface area (Å²) < 4.78 is 5.77. The smallest absolute Gasteiger partial charge is 0.317 e. The minimum atomic E-state index is -0.771. The summed E-state index contributed by atoms with van der Waals surface area (Å²) >= 11 is 0. The number of carboxylic acids is 1. The number of carbonyl (C=O) groups excluding carboxylic acids is 1. The predicted octanol–water partition coefficient (Wildman–Crippen LogP) is 2.70. The van der Waals surface area contributed by atoms with E-state index in [1.165, 1.54) is 0 Å². The molecule has 0 aliphatic carbocycles. The Morgan fingerprint density at radius 1 is 1.29 bits per heavy atom. The van der Waals surface area contributed by atoms with E-state index >= 15 is 0 Å². The van der Waals surface area contributed by atoms with Gasteiger partial charge in [0.15, 0.2) is 0 Å². The molecule has 0 atom stereocenters. The number of nitrogens with one attached hydrogen (secondary N) is 1. The van der Waals surface area contributed by atoms with E-state index in [0.717, 1.165) is 11.3 Å². The Balaban J connectivity index is 1.71. The molecule has 6 heteroatoms. The molecule has 0 unspecified atom stereocenters. The van der Waals surface area contributed by atoms with Crippen LogP contribution >= 0.6 is 0 Å². The van der Waals surface area contributed by atoms with Crippen LogP contribution in [0.2, 0.25) is 0 Å². The molecule has 1 aromatic carbocycles. The Morgan fingerprint density at radius 2 is 1.96 bits per heavy atom. The van der Waals surface area contributed by atoms with Crippen LogP contribution in [0.1, 0.15) is 38.2 Å². The summed E-state index contributed by atoms with van der Waals surface area (Å²) in [6, 6.07) is 7.76.